The molecule has 9 heteroatoms. The molecule has 0 amide bonds. The summed E-state index contributed by atoms with van der Waals surface area (Å²) in [7, 11) is 4.26. The second-order valence-corrected chi connectivity index (χ2v) is 25.5. The summed E-state index contributed by atoms with van der Waals surface area (Å²) in [6, 6.07) is 0. The van der Waals surface area contributed by atoms with Gasteiger partial charge in [-0.2, -0.15) is 0 Å². The molecule has 0 saturated carbocycles. The van der Waals surface area contributed by atoms with Gasteiger partial charge in [0.1, 0.15) is 0 Å². The normalized spacial score (nSPS) is 13.3. The third-order valence-electron chi connectivity index (χ3n) is 2.66. The summed E-state index contributed by atoms with van der Waals surface area (Å²) in [5, 5.41) is 0.941. The minimum atomic E-state index is -2.73. The molecule has 0 heterocycles. The van der Waals surface area contributed by atoms with Crippen LogP contribution >= 0.6 is 0 Å². The summed E-state index contributed by atoms with van der Waals surface area (Å²) < 4.78 is 33.7. The topological polar surface area (TPSA) is 55.4 Å². The quantitative estimate of drug-likeness (QED) is 0.538. The van der Waals surface area contributed by atoms with E-state index >= 15 is 0 Å². The molecule has 0 radical (unpaired) electrons. The van der Waals surface area contributed by atoms with Crippen molar-refractivity contribution in [1.82, 2.24) is 0 Å². The maximum absolute atomic E-state index is 5.62. The number of hydrogen-bond donors (Lipinski definition) is 0. The van der Waals surface area contributed by atoms with E-state index in [1.807, 2.05) is 0 Å². The summed E-state index contributed by atoms with van der Waals surface area (Å²) >= 11 is -1.87. The van der Waals surface area contributed by atoms with Crippen LogP contribution in [0.1, 0.15) is 13.3 Å². The molecular weight excluding hydrogens is 335 g/mol. The first-order valence-electron chi connectivity index (χ1n) is 5.64. The van der Waals surface area contributed by atoms with Gasteiger partial charge in [-0.25, -0.2) is 0 Å². The van der Waals surface area contributed by atoms with Gasteiger partial charge in [-0.05, 0) is 0 Å². The van der Waals surface area contributed by atoms with Crippen molar-refractivity contribution in [1.29, 1.82) is 0 Å². The second-order valence-electron chi connectivity index (χ2n) is 3.42. The Labute approximate surface area is 116 Å². The molecule has 0 aliphatic rings. The Morgan fingerprint density at radius 3 is 1.11 bits per heavy atom. The van der Waals surface area contributed by atoms with Crippen LogP contribution in [0.5, 0.6) is 0 Å². The average molecular weight is 360 g/mol. The van der Waals surface area contributed by atoms with Gasteiger partial charge in [-0.15, -0.1) is 0 Å². The molecule has 0 spiro atoms. The van der Waals surface area contributed by atoms with Crippen LogP contribution < -0.4 is 0 Å². The summed E-state index contributed by atoms with van der Waals surface area (Å²) in [4.78, 5) is 0. The van der Waals surface area contributed by atoms with Gasteiger partial charge in [0.25, 0.3) is 0 Å². The molecule has 0 aromatic heterocycles. The molecular formula is C9H25AsO6Si2. The molecule has 110 valence electrons. The molecule has 6 nitrogen and oxygen atoms in total. The van der Waals surface area contributed by atoms with Crippen molar-refractivity contribution in [2.75, 3.05) is 42.7 Å². The van der Waals surface area contributed by atoms with Crippen molar-refractivity contribution < 1.29 is 26.6 Å². The molecule has 0 bridgehead atoms. The summed E-state index contributed by atoms with van der Waals surface area (Å²) in [6.45, 7) is 2.11. The first-order chi connectivity index (χ1) is 8.56. The molecule has 0 unspecified atom stereocenters. The fourth-order valence-corrected chi connectivity index (χ4v) is 35.9. The van der Waals surface area contributed by atoms with Crippen LogP contribution in [-0.4, -0.2) is 70.5 Å². The maximum atomic E-state index is 5.62. The van der Waals surface area contributed by atoms with E-state index < -0.39 is 27.9 Å². The number of hydrogen-bond acceptors (Lipinski definition) is 6. The van der Waals surface area contributed by atoms with Gasteiger partial charge >= 0.3 is 116 Å². The van der Waals surface area contributed by atoms with Crippen molar-refractivity contribution in [3.05, 3.63) is 0 Å². The van der Waals surface area contributed by atoms with Crippen molar-refractivity contribution >= 4 is 27.9 Å². The molecule has 0 aromatic rings. The molecule has 0 aliphatic heterocycles. The van der Waals surface area contributed by atoms with E-state index in [0.29, 0.717) is 0 Å². The molecule has 0 aromatic carbocycles. The van der Waals surface area contributed by atoms with Gasteiger partial charge in [-0.1, -0.05) is 0 Å². The van der Waals surface area contributed by atoms with E-state index in [2.05, 4.69) is 6.92 Å². The molecule has 0 aliphatic carbocycles. The Bertz CT molecular complexity index is 189. The third-order valence-corrected chi connectivity index (χ3v) is 35.0. The van der Waals surface area contributed by atoms with Crippen molar-refractivity contribution in [3.63, 3.8) is 0 Å². The van der Waals surface area contributed by atoms with Crippen molar-refractivity contribution in [3.8, 4) is 0 Å². The van der Waals surface area contributed by atoms with Gasteiger partial charge in [0.2, 0.25) is 0 Å². The summed E-state index contributed by atoms with van der Waals surface area (Å²) in [5.41, 5.74) is 0. The standard InChI is InChI=1S/C9H25AsO6Si2/c1-8-9-10(17(11-2,12-3)13-4)18(14-5,15-6)16-7/h8-9H2,1-7H3. The van der Waals surface area contributed by atoms with Crippen molar-refractivity contribution in [2.24, 2.45) is 0 Å². The molecule has 0 rings (SSSR count). The van der Waals surface area contributed by atoms with Crippen LogP contribution in [0.25, 0.3) is 0 Å². The molecule has 0 saturated heterocycles. The van der Waals surface area contributed by atoms with Crippen LogP contribution in [0.2, 0.25) is 5.21 Å². The van der Waals surface area contributed by atoms with E-state index in [0.717, 1.165) is 11.6 Å². The van der Waals surface area contributed by atoms with Crippen LogP contribution in [0.4, 0.5) is 0 Å². The van der Waals surface area contributed by atoms with Crippen LogP contribution in [-0.2, 0) is 26.6 Å². The molecule has 0 N–H and O–H groups in total. The van der Waals surface area contributed by atoms with Gasteiger partial charge in [0, 0.05) is 0 Å². The summed E-state index contributed by atoms with van der Waals surface area (Å²) in [5.74, 6) is 0. The van der Waals surface area contributed by atoms with E-state index in [4.69, 9.17) is 26.6 Å². The Morgan fingerprint density at radius 2 is 0.944 bits per heavy atom. The fraction of sp³-hybridized carbons (Fsp3) is 1.00. The fourth-order valence-electron chi connectivity index (χ4n) is 1.83. The monoisotopic (exact) mass is 360 g/mol. The Hall–Kier alpha value is 0.752. The van der Waals surface area contributed by atoms with Gasteiger partial charge in [0.15, 0.2) is 0 Å². The molecule has 18 heavy (non-hydrogen) atoms. The van der Waals surface area contributed by atoms with E-state index in [9.17, 15) is 0 Å². The van der Waals surface area contributed by atoms with Gasteiger partial charge < -0.3 is 0 Å². The first kappa shape index (κ1) is 18.8. The number of rotatable bonds is 10. The second kappa shape index (κ2) is 8.83. The SMILES string of the molecule is CCC[As]([Si](OC)(OC)OC)[Si](OC)(OC)OC. The van der Waals surface area contributed by atoms with Crippen molar-refractivity contribution in [2.45, 2.75) is 18.6 Å². The molecule has 0 fully saturated rings. The van der Waals surface area contributed by atoms with E-state index in [-0.39, 0.29) is 0 Å². The average Bonchev–Trinajstić information content (AvgIpc) is 2.44. The summed E-state index contributed by atoms with van der Waals surface area (Å²) in [6.07, 6.45) is 0.996. The zero-order valence-corrected chi connectivity index (χ0v) is 16.2. The van der Waals surface area contributed by atoms with E-state index in [1.54, 1.807) is 42.7 Å². The predicted molar refractivity (Wildman–Crippen MR) is 74.4 cm³/mol. The Balaban J connectivity index is 5.49. The minimum absolute atomic E-state index is 0.941. The van der Waals surface area contributed by atoms with Crippen LogP contribution in [0, 0.1) is 0 Å². The third kappa shape index (κ3) is 3.65. The molecule has 0 atom stereocenters. The van der Waals surface area contributed by atoms with Crippen LogP contribution in [0.3, 0.4) is 0 Å². The van der Waals surface area contributed by atoms with Gasteiger partial charge in [0.05, 0.1) is 0 Å². The Kier molecular flexibility index (Phi) is 9.20. The Morgan fingerprint density at radius 1 is 0.667 bits per heavy atom. The zero-order chi connectivity index (χ0) is 14.2. The van der Waals surface area contributed by atoms with Crippen LogP contribution in [0.15, 0.2) is 0 Å². The van der Waals surface area contributed by atoms with Gasteiger partial charge in [-0.3, -0.25) is 0 Å². The zero-order valence-electron chi connectivity index (χ0n) is 12.3. The predicted octanol–water partition coefficient (Wildman–Crippen LogP) is 0.804. The first-order valence-corrected chi connectivity index (χ1v) is 15.9. The van der Waals surface area contributed by atoms with E-state index in [1.165, 1.54) is 0 Å².